The van der Waals surface area contributed by atoms with E-state index in [9.17, 15) is 9.18 Å². The Morgan fingerprint density at radius 3 is 2.87 bits per heavy atom. The summed E-state index contributed by atoms with van der Waals surface area (Å²) in [6.45, 7) is 0. The molecule has 1 fully saturated rings. The minimum absolute atomic E-state index is 0.254. The number of rotatable bonds is 3. The SMILES string of the molecule is COc1ccc(F)cc1C(=O)NC1CC1. The molecule has 0 bridgehead atoms. The number of amides is 1. The van der Waals surface area contributed by atoms with Crippen LogP contribution in [0.2, 0.25) is 0 Å². The van der Waals surface area contributed by atoms with Gasteiger partial charge in [0, 0.05) is 6.04 Å². The van der Waals surface area contributed by atoms with Gasteiger partial charge in [0.25, 0.3) is 5.91 Å². The molecular formula is C11H12FNO2. The third kappa shape index (κ3) is 2.26. The second kappa shape index (κ2) is 3.88. The van der Waals surface area contributed by atoms with E-state index in [-0.39, 0.29) is 17.5 Å². The van der Waals surface area contributed by atoms with Crippen LogP contribution in [0.1, 0.15) is 23.2 Å². The Labute approximate surface area is 87.2 Å². The van der Waals surface area contributed by atoms with Gasteiger partial charge in [-0.1, -0.05) is 0 Å². The zero-order valence-electron chi connectivity index (χ0n) is 8.42. The number of carbonyl (C=O) groups is 1. The molecule has 4 heteroatoms. The van der Waals surface area contributed by atoms with Gasteiger partial charge >= 0.3 is 0 Å². The van der Waals surface area contributed by atoms with Crippen LogP contribution in [0.3, 0.4) is 0 Å². The molecule has 0 heterocycles. The lowest BCUT2D eigenvalue weighted by atomic mass is 10.2. The van der Waals surface area contributed by atoms with E-state index in [1.807, 2.05) is 0 Å². The maximum absolute atomic E-state index is 13.0. The summed E-state index contributed by atoms with van der Waals surface area (Å²) in [6.07, 6.45) is 2.01. The summed E-state index contributed by atoms with van der Waals surface area (Å²) in [5.74, 6) is -0.305. The maximum atomic E-state index is 13.0. The maximum Gasteiger partial charge on any atom is 0.255 e. The van der Waals surface area contributed by atoms with Crippen LogP contribution in [0.15, 0.2) is 18.2 Å². The quantitative estimate of drug-likeness (QED) is 0.823. The van der Waals surface area contributed by atoms with Crippen molar-refractivity contribution in [3.05, 3.63) is 29.6 Å². The molecule has 1 aliphatic carbocycles. The predicted molar refractivity (Wildman–Crippen MR) is 53.4 cm³/mol. The normalized spacial score (nSPS) is 14.8. The number of ether oxygens (including phenoxy) is 1. The van der Waals surface area contributed by atoms with Crippen LogP contribution in [-0.2, 0) is 0 Å². The van der Waals surface area contributed by atoms with Gasteiger partial charge in [0.05, 0.1) is 12.7 Å². The molecule has 0 spiro atoms. The Bertz CT molecular complexity index is 388. The molecule has 0 saturated heterocycles. The predicted octanol–water partition coefficient (Wildman–Crippen LogP) is 1.73. The largest absolute Gasteiger partial charge is 0.496 e. The Morgan fingerprint density at radius 2 is 2.27 bits per heavy atom. The molecule has 1 saturated carbocycles. The minimum atomic E-state index is -0.434. The van der Waals surface area contributed by atoms with E-state index >= 15 is 0 Å². The van der Waals surface area contributed by atoms with E-state index < -0.39 is 5.82 Å². The fourth-order valence-electron chi connectivity index (χ4n) is 1.35. The lowest BCUT2D eigenvalue weighted by molar-refractivity contribution is 0.0947. The molecule has 1 aliphatic rings. The third-order valence-corrected chi connectivity index (χ3v) is 2.32. The summed E-state index contributed by atoms with van der Waals surface area (Å²) in [4.78, 5) is 11.7. The van der Waals surface area contributed by atoms with E-state index in [1.54, 1.807) is 0 Å². The summed E-state index contributed by atoms with van der Waals surface area (Å²) >= 11 is 0. The molecule has 0 aromatic heterocycles. The average molecular weight is 209 g/mol. The third-order valence-electron chi connectivity index (χ3n) is 2.32. The molecule has 3 nitrogen and oxygen atoms in total. The Kier molecular flexibility index (Phi) is 2.58. The molecule has 0 aliphatic heterocycles. The zero-order chi connectivity index (χ0) is 10.8. The van der Waals surface area contributed by atoms with Crippen molar-refractivity contribution in [2.24, 2.45) is 0 Å². The van der Waals surface area contributed by atoms with Crippen molar-refractivity contribution < 1.29 is 13.9 Å². The summed E-state index contributed by atoms with van der Waals surface area (Å²) < 4.78 is 18.0. The van der Waals surface area contributed by atoms with Gasteiger partial charge < -0.3 is 10.1 Å². The van der Waals surface area contributed by atoms with Crippen molar-refractivity contribution in [3.63, 3.8) is 0 Å². The summed E-state index contributed by atoms with van der Waals surface area (Å²) in [7, 11) is 1.46. The fraction of sp³-hybridized carbons (Fsp3) is 0.364. The molecular weight excluding hydrogens is 197 g/mol. The van der Waals surface area contributed by atoms with E-state index in [0.717, 1.165) is 12.8 Å². The van der Waals surface area contributed by atoms with Crippen LogP contribution >= 0.6 is 0 Å². The lowest BCUT2D eigenvalue weighted by Gasteiger charge is -2.08. The highest BCUT2D eigenvalue weighted by Gasteiger charge is 2.25. The molecule has 1 amide bonds. The number of carbonyl (C=O) groups excluding carboxylic acids is 1. The highest BCUT2D eigenvalue weighted by molar-refractivity contribution is 5.97. The number of halogens is 1. The Hall–Kier alpha value is -1.58. The minimum Gasteiger partial charge on any atom is -0.496 e. The van der Waals surface area contributed by atoms with Crippen LogP contribution in [0.4, 0.5) is 4.39 Å². The first kappa shape index (κ1) is 9.96. The van der Waals surface area contributed by atoms with Crippen LogP contribution < -0.4 is 10.1 Å². The van der Waals surface area contributed by atoms with Crippen molar-refractivity contribution in [3.8, 4) is 5.75 Å². The van der Waals surface area contributed by atoms with Crippen molar-refractivity contribution >= 4 is 5.91 Å². The van der Waals surface area contributed by atoms with Gasteiger partial charge in [-0.15, -0.1) is 0 Å². The number of methoxy groups -OCH3 is 1. The monoisotopic (exact) mass is 209 g/mol. The van der Waals surface area contributed by atoms with Crippen LogP contribution in [-0.4, -0.2) is 19.1 Å². The first-order valence-corrected chi connectivity index (χ1v) is 4.85. The first-order valence-electron chi connectivity index (χ1n) is 4.85. The molecule has 15 heavy (non-hydrogen) atoms. The standard InChI is InChI=1S/C11H12FNO2/c1-15-10-5-2-7(12)6-9(10)11(14)13-8-3-4-8/h2,5-6,8H,3-4H2,1H3,(H,13,14). The van der Waals surface area contributed by atoms with Crippen molar-refractivity contribution in [1.29, 1.82) is 0 Å². The van der Waals surface area contributed by atoms with Crippen molar-refractivity contribution in [2.75, 3.05) is 7.11 Å². The fourth-order valence-corrected chi connectivity index (χ4v) is 1.35. The molecule has 80 valence electrons. The van der Waals surface area contributed by atoms with Crippen molar-refractivity contribution in [2.45, 2.75) is 18.9 Å². The Morgan fingerprint density at radius 1 is 1.53 bits per heavy atom. The van der Waals surface area contributed by atoms with E-state index in [1.165, 1.54) is 25.3 Å². The molecule has 0 atom stereocenters. The Balaban J connectivity index is 2.23. The van der Waals surface area contributed by atoms with Crippen molar-refractivity contribution in [1.82, 2.24) is 5.32 Å². The number of hydrogen-bond acceptors (Lipinski definition) is 2. The molecule has 1 aromatic rings. The van der Waals surface area contributed by atoms with E-state index in [4.69, 9.17) is 4.74 Å². The molecule has 1 N–H and O–H groups in total. The van der Waals surface area contributed by atoms with Gasteiger partial charge in [-0.25, -0.2) is 4.39 Å². The molecule has 1 aromatic carbocycles. The number of benzene rings is 1. The van der Waals surface area contributed by atoms with Crippen LogP contribution in [0.25, 0.3) is 0 Å². The van der Waals surface area contributed by atoms with Crippen LogP contribution in [0, 0.1) is 5.82 Å². The average Bonchev–Trinajstić information content (AvgIpc) is 3.01. The molecule has 2 rings (SSSR count). The summed E-state index contributed by atoms with van der Waals surface area (Å²) in [5, 5.41) is 2.79. The van der Waals surface area contributed by atoms with Gasteiger partial charge in [-0.2, -0.15) is 0 Å². The summed E-state index contributed by atoms with van der Waals surface area (Å²) in [5.41, 5.74) is 0.254. The van der Waals surface area contributed by atoms with Gasteiger partial charge in [-0.05, 0) is 31.0 Å². The lowest BCUT2D eigenvalue weighted by Crippen LogP contribution is -2.25. The smallest absolute Gasteiger partial charge is 0.255 e. The van der Waals surface area contributed by atoms with Gasteiger partial charge in [0.15, 0.2) is 0 Å². The second-order valence-corrected chi connectivity index (χ2v) is 3.59. The topological polar surface area (TPSA) is 38.3 Å². The zero-order valence-corrected chi connectivity index (χ0v) is 8.42. The van der Waals surface area contributed by atoms with E-state index in [0.29, 0.717) is 5.75 Å². The number of nitrogens with one attached hydrogen (secondary N) is 1. The highest BCUT2D eigenvalue weighted by Crippen LogP contribution is 2.23. The summed E-state index contributed by atoms with van der Waals surface area (Å²) in [6, 6.07) is 4.17. The van der Waals surface area contributed by atoms with Gasteiger partial charge in [-0.3, -0.25) is 4.79 Å². The number of hydrogen-bond donors (Lipinski definition) is 1. The highest BCUT2D eigenvalue weighted by atomic mass is 19.1. The van der Waals surface area contributed by atoms with Gasteiger partial charge in [0.1, 0.15) is 11.6 Å². The van der Waals surface area contributed by atoms with E-state index in [2.05, 4.69) is 5.32 Å². The van der Waals surface area contributed by atoms with Crippen LogP contribution in [0.5, 0.6) is 5.75 Å². The van der Waals surface area contributed by atoms with Gasteiger partial charge in [0.2, 0.25) is 0 Å². The first-order chi connectivity index (χ1) is 7.20. The molecule has 0 radical (unpaired) electrons. The second-order valence-electron chi connectivity index (χ2n) is 3.59. The molecule has 0 unspecified atom stereocenters.